The Morgan fingerprint density at radius 3 is 2.77 bits per heavy atom. The Morgan fingerprint density at radius 2 is 2.04 bits per heavy atom. The highest BCUT2D eigenvalue weighted by molar-refractivity contribution is 6.32. The van der Waals surface area contributed by atoms with Crippen LogP contribution in [0.15, 0.2) is 52.7 Å². The van der Waals surface area contributed by atoms with Crippen LogP contribution in [0.5, 0.6) is 11.6 Å². The first-order chi connectivity index (χ1) is 12.5. The van der Waals surface area contributed by atoms with Crippen molar-refractivity contribution in [3.8, 4) is 11.6 Å². The molecule has 0 atom stereocenters. The lowest BCUT2D eigenvalue weighted by Crippen LogP contribution is -2.08. The van der Waals surface area contributed by atoms with Crippen LogP contribution in [0.25, 0.3) is 10.9 Å². The summed E-state index contributed by atoms with van der Waals surface area (Å²) >= 11 is 5.97. The van der Waals surface area contributed by atoms with E-state index in [0.717, 1.165) is 16.5 Å². The fraction of sp³-hybridized carbons (Fsp3) is 0.211. The number of hydrogen-bond acceptors (Lipinski definition) is 4. The van der Waals surface area contributed by atoms with Crippen molar-refractivity contribution in [1.29, 1.82) is 0 Å². The van der Waals surface area contributed by atoms with Gasteiger partial charge in [-0.1, -0.05) is 35.4 Å². The van der Waals surface area contributed by atoms with Crippen molar-refractivity contribution in [2.24, 2.45) is 10.2 Å². The zero-order valence-electron chi connectivity index (χ0n) is 14.4. The molecule has 134 valence electrons. The average molecular weight is 372 g/mol. The third-order valence-electron chi connectivity index (χ3n) is 3.93. The Hall–Kier alpha value is -2.86. The van der Waals surface area contributed by atoms with Crippen LogP contribution in [0, 0.1) is 6.92 Å². The summed E-state index contributed by atoms with van der Waals surface area (Å²) in [6, 6.07) is 12.6. The van der Waals surface area contributed by atoms with Crippen molar-refractivity contribution in [3.05, 3.63) is 53.1 Å². The summed E-state index contributed by atoms with van der Waals surface area (Å²) in [5.41, 5.74) is 2.14. The van der Waals surface area contributed by atoms with Gasteiger partial charge in [-0.3, -0.25) is 4.79 Å². The molecule has 1 aromatic heterocycles. The van der Waals surface area contributed by atoms with Gasteiger partial charge in [0, 0.05) is 11.9 Å². The molecule has 0 radical (unpaired) electrons. The highest BCUT2D eigenvalue weighted by Gasteiger charge is 2.16. The number of aromatic nitrogens is 1. The topological polar surface area (TPSA) is 76.2 Å². The quantitative estimate of drug-likeness (QED) is 0.640. The van der Waals surface area contributed by atoms with Gasteiger partial charge >= 0.3 is 5.91 Å². The van der Waals surface area contributed by atoms with Gasteiger partial charge < -0.3 is 14.4 Å². The van der Waals surface area contributed by atoms with Gasteiger partial charge in [0.2, 0.25) is 5.88 Å². The highest BCUT2D eigenvalue weighted by atomic mass is 35.5. The number of aryl methyl sites for hydroxylation is 2. The van der Waals surface area contributed by atoms with E-state index >= 15 is 0 Å². The summed E-state index contributed by atoms with van der Waals surface area (Å²) in [4.78, 5) is 12.0. The lowest BCUT2D eigenvalue weighted by molar-refractivity contribution is -0.120. The molecule has 2 aromatic carbocycles. The van der Waals surface area contributed by atoms with Gasteiger partial charge in [-0.25, -0.2) is 0 Å². The molecule has 0 saturated heterocycles. The standard InChI is InChI=1S/C19H18ClN3O3/c1-3-23-15-9-8-12(2)10-13(15)18(19(23)25)22-21-17(24)11-26-16-7-5-4-6-14(16)20/h4-10,25H,3,11H2,1-2H3. The minimum absolute atomic E-state index is 0.0170. The van der Waals surface area contributed by atoms with Gasteiger partial charge in [0.05, 0.1) is 10.5 Å². The highest BCUT2D eigenvalue weighted by Crippen LogP contribution is 2.39. The number of fused-ring (bicyclic) bond motifs is 1. The largest absolute Gasteiger partial charge is 0.493 e. The Bertz CT molecular complexity index is 995. The van der Waals surface area contributed by atoms with E-state index in [9.17, 15) is 9.90 Å². The number of amides is 1. The molecule has 0 unspecified atom stereocenters. The third kappa shape index (κ3) is 3.55. The van der Waals surface area contributed by atoms with Crippen molar-refractivity contribution in [3.63, 3.8) is 0 Å². The second-order valence-corrected chi connectivity index (χ2v) is 6.16. The summed E-state index contributed by atoms with van der Waals surface area (Å²) in [5, 5.41) is 19.2. The van der Waals surface area contributed by atoms with Crippen LogP contribution in [-0.2, 0) is 11.3 Å². The molecule has 1 heterocycles. The molecule has 0 aliphatic carbocycles. The van der Waals surface area contributed by atoms with Crippen molar-refractivity contribution < 1.29 is 14.6 Å². The Kier molecular flexibility index (Phi) is 5.23. The number of nitrogens with zero attached hydrogens (tertiary/aromatic N) is 3. The predicted molar refractivity (Wildman–Crippen MR) is 100 cm³/mol. The summed E-state index contributed by atoms with van der Waals surface area (Å²) in [7, 11) is 0. The summed E-state index contributed by atoms with van der Waals surface area (Å²) in [6.45, 7) is 4.15. The molecular formula is C19H18ClN3O3. The van der Waals surface area contributed by atoms with E-state index in [-0.39, 0.29) is 18.2 Å². The second kappa shape index (κ2) is 7.58. The molecule has 1 amide bonds. The monoisotopic (exact) mass is 371 g/mol. The number of azo groups is 1. The molecule has 0 spiro atoms. The minimum Gasteiger partial charge on any atom is -0.493 e. The molecule has 0 saturated carbocycles. The molecule has 3 rings (SSSR count). The predicted octanol–water partition coefficient (Wildman–Crippen LogP) is 5.02. The summed E-state index contributed by atoms with van der Waals surface area (Å²) in [6.07, 6.45) is 0. The normalized spacial score (nSPS) is 11.3. The number of rotatable bonds is 5. The first kappa shape index (κ1) is 17.9. The van der Waals surface area contributed by atoms with Crippen LogP contribution in [0.3, 0.4) is 0 Å². The number of para-hydroxylation sites is 1. The third-order valence-corrected chi connectivity index (χ3v) is 4.24. The van der Waals surface area contributed by atoms with Crippen molar-refractivity contribution in [2.75, 3.05) is 6.61 Å². The fourth-order valence-electron chi connectivity index (χ4n) is 2.69. The Morgan fingerprint density at radius 1 is 1.27 bits per heavy atom. The minimum atomic E-state index is -0.575. The van der Waals surface area contributed by atoms with Crippen LogP contribution in [0.4, 0.5) is 5.69 Å². The van der Waals surface area contributed by atoms with Crippen molar-refractivity contribution >= 4 is 34.1 Å². The molecule has 0 fully saturated rings. The maximum Gasteiger partial charge on any atom is 0.302 e. The lowest BCUT2D eigenvalue weighted by atomic mass is 10.1. The number of carbonyl (C=O) groups is 1. The van der Waals surface area contributed by atoms with E-state index in [1.807, 2.05) is 32.0 Å². The van der Waals surface area contributed by atoms with E-state index in [4.69, 9.17) is 16.3 Å². The molecule has 0 aliphatic rings. The zero-order valence-corrected chi connectivity index (χ0v) is 15.2. The van der Waals surface area contributed by atoms with Gasteiger partial charge in [0.15, 0.2) is 12.3 Å². The van der Waals surface area contributed by atoms with E-state index in [1.54, 1.807) is 28.8 Å². The van der Waals surface area contributed by atoms with Crippen LogP contribution in [0.2, 0.25) is 5.02 Å². The SMILES string of the molecule is CCn1c(O)c(N=NC(=O)COc2ccccc2Cl)c2cc(C)ccc21. The zero-order chi connectivity index (χ0) is 18.7. The average Bonchev–Trinajstić information content (AvgIpc) is 2.89. The molecule has 0 aliphatic heterocycles. The van der Waals surface area contributed by atoms with Crippen LogP contribution < -0.4 is 4.74 Å². The van der Waals surface area contributed by atoms with E-state index in [1.165, 1.54) is 0 Å². The van der Waals surface area contributed by atoms with E-state index in [0.29, 0.717) is 17.3 Å². The summed E-state index contributed by atoms with van der Waals surface area (Å²) in [5.74, 6) is -0.190. The summed E-state index contributed by atoms with van der Waals surface area (Å²) < 4.78 is 7.06. The molecule has 6 nitrogen and oxygen atoms in total. The van der Waals surface area contributed by atoms with Crippen molar-refractivity contribution in [1.82, 2.24) is 4.57 Å². The maximum absolute atomic E-state index is 12.0. The van der Waals surface area contributed by atoms with Gasteiger partial charge in [0.1, 0.15) is 5.75 Å². The fourth-order valence-corrected chi connectivity index (χ4v) is 2.88. The number of ether oxygens (including phenoxy) is 1. The number of aromatic hydroxyl groups is 1. The first-order valence-electron chi connectivity index (χ1n) is 8.15. The molecular weight excluding hydrogens is 354 g/mol. The van der Waals surface area contributed by atoms with Crippen LogP contribution >= 0.6 is 11.6 Å². The van der Waals surface area contributed by atoms with Gasteiger partial charge in [-0.2, -0.15) is 0 Å². The lowest BCUT2D eigenvalue weighted by Gasteiger charge is -2.04. The number of benzene rings is 2. The number of carbonyl (C=O) groups excluding carboxylic acids is 1. The molecule has 7 heteroatoms. The second-order valence-electron chi connectivity index (χ2n) is 5.75. The van der Waals surface area contributed by atoms with Gasteiger partial charge in [-0.05, 0) is 38.1 Å². The Labute approximate surface area is 155 Å². The van der Waals surface area contributed by atoms with Crippen molar-refractivity contribution in [2.45, 2.75) is 20.4 Å². The number of hydrogen-bond donors (Lipinski definition) is 1. The smallest absolute Gasteiger partial charge is 0.302 e. The molecule has 0 bridgehead atoms. The maximum atomic E-state index is 12.0. The van der Waals surface area contributed by atoms with Crippen LogP contribution in [-0.4, -0.2) is 22.2 Å². The first-order valence-corrected chi connectivity index (χ1v) is 8.52. The molecule has 3 aromatic rings. The Balaban J connectivity index is 1.82. The molecule has 26 heavy (non-hydrogen) atoms. The molecule has 1 N–H and O–H groups in total. The van der Waals surface area contributed by atoms with Crippen LogP contribution in [0.1, 0.15) is 12.5 Å². The van der Waals surface area contributed by atoms with E-state index in [2.05, 4.69) is 10.2 Å². The van der Waals surface area contributed by atoms with E-state index < -0.39 is 5.91 Å². The van der Waals surface area contributed by atoms with Gasteiger partial charge in [0.25, 0.3) is 0 Å². The number of halogens is 1. The van der Waals surface area contributed by atoms with Gasteiger partial charge in [-0.15, -0.1) is 10.2 Å².